The molecule has 1 fully saturated rings. The Kier molecular flexibility index (Phi) is 11.9. The highest BCUT2D eigenvalue weighted by molar-refractivity contribution is 5.16. The van der Waals surface area contributed by atoms with Crippen LogP contribution in [0.3, 0.4) is 0 Å². The van der Waals surface area contributed by atoms with Gasteiger partial charge in [0.1, 0.15) is 24.4 Å². The second kappa shape index (κ2) is 16.7. The molecule has 0 bridgehead atoms. The van der Waals surface area contributed by atoms with E-state index < -0.39 is 24.4 Å². The molecule has 0 radical (unpaired) electrons. The van der Waals surface area contributed by atoms with E-state index in [9.17, 15) is 5.26 Å². The fourth-order valence-corrected chi connectivity index (χ4v) is 5.32. The van der Waals surface area contributed by atoms with Crippen molar-refractivity contribution in [3.05, 3.63) is 144 Å². The van der Waals surface area contributed by atoms with E-state index in [1.165, 1.54) is 0 Å². The lowest BCUT2D eigenvalue weighted by Gasteiger charge is -2.46. The molecule has 1 heterocycles. The van der Waals surface area contributed by atoms with Crippen LogP contribution in [0.25, 0.3) is 0 Å². The summed E-state index contributed by atoms with van der Waals surface area (Å²) >= 11 is 0. The van der Waals surface area contributed by atoms with Crippen molar-refractivity contribution < 1.29 is 23.7 Å². The fraction of sp³-hybridized carbons (Fsp3) is 0.324. The maximum atomic E-state index is 9.48. The number of hydrogen-bond donors (Lipinski definition) is 0. The molecule has 4 aromatic rings. The van der Waals surface area contributed by atoms with Crippen LogP contribution < -0.4 is 0 Å². The van der Waals surface area contributed by atoms with E-state index in [1.807, 2.05) is 121 Å². The highest BCUT2D eigenvalue weighted by Crippen LogP contribution is 2.32. The second-order valence-corrected chi connectivity index (χ2v) is 10.7. The Morgan fingerprint density at radius 3 is 1.35 bits per heavy atom. The Labute approximate surface area is 254 Å². The molecule has 1 aliphatic heterocycles. The largest absolute Gasteiger partial charge is 0.374 e. The molecular weight excluding hydrogens is 538 g/mol. The summed E-state index contributed by atoms with van der Waals surface area (Å²) in [6, 6.07) is 42.6. The Morgan fingerprint density at radius 1 is 0.512 bits per heavy atom. The highest BCUT2D eigenvalue weighted by atomic mass is 16.6. The molecule has 5 rings (SSSR count). The van der Waals surface area contributed by atoms with Gasteiger partial charge in [-0.05, 0) is 28.7 Å². The SMILES string of the molecule is N#CCC[C@H]1O[C@H](COCc2ccccc2)[C@@H](OCc2ccccc2)[C@H](OCc2ccccc2)[C@@H]1OCc1ccccc1. The van der Waals surface area contributed by atoms with Crippen LogP contribution in [0, 0.1) is 11.3 Å². The van der Waals surface area contributed by atoms with E-state index in [-0.39, 0.29) is 6.10 Å². The number of benzene rings is 4. The molecule has 5 atom stereocenters. The van der Waals surface area contributed by atoms with Crippen molar-refractivity contribution in [2.24, 2.45) is 0 Å². The minimum absolute atomic E-state index is 0.313. The number of ether oxygens (including phenoxy) is 5. The van der Waals surface area contributed by atoms with Gasteiger partial charge in [-0.1, -0.05) is 121 Å². The summed E-state index contributed by atoms with van der Waals surface area (Å²) < 4.78 is 32.9. The van der Waals surface area contributed by atoms with Gasteiger partial charge in [-0.3, -0.25) is 0 Å². The lowest BCUT2D eigenvalue weighted by molar-refractivity contribution is -0.273. The number of nitriles is 1. The Balaban J connectivity index is 1.41. The predicted molar refractivity (Wildman–Crippen MR) is 165 cm³/mol. The average molecular weight is 578 g/mol. The van der Waals surface area contributed by atoms with Gasteiger partial charge < -0.3 is 23.7 Å². The molecule has 6 nitrogen and oxygen atoms in total. The molecule has 0 N–H and O–H groups in total. The quantitative estimate of drug-likeness (QED) is 0.151. The molecule has 1 aliphatic rings. The molecule has 222 valence electrons. The standard InChI is InChI=1S/C37H39NO5/c38-23-13-22-33-35(40-25-30-16-7-2-8-17-30)37(42-27-32-20-11-4-12-21-32)36(41-26-31-18-9-3-10-19-31)34(43-33)28-39-24-29-14-5-1-6-15-29/h1-12,14-21,33-37H,13,22,24-28H2/t33-,34-,35-,36-,37-/m1/s1. The zero-order chi connectivity index (χ0) is 29.5. The van der Waals surface area contributed by atoms with Crippen molar-refractivity contribution in [3.8, 4) is 6.07 Å². The monoisotopic (exact) mass is 577 g/mol. The maximum absolute atomic E-state index is 9.48. The summed E-state index contributed by atoms with van der Waals surface area (Å²) in [4.78, 5) is 0. The van der Waals surface area contributed by atoms with Crippen LogP contribution in [0.4, 0.5) is 0 Å². The Hall–Kier alpha value is -3.83. The lowest BCUT2D eigenvalue weighted by atomic mass is 9.92. The average Bonchev–Trinajstić information content (AvgIpc) is 3.07. The van der Waals surface area contributed by atoms with Gasteiger partial charge in [-0.15, -0.1) is 0 Å². The number of nitrogens with zero attached hydrogens (tertiary/aromatic N) is 1. The zero-order valence-corrected chi connectivity index (χ0v) is 24.4. The molecule has 0 aromatic heterocycles. The Bertz CT molecular complexity index is 1360. The lowest BCUT2D eigenvalue weighted by Crippen LogP contribution is -2.61. The van der Waals surface area contributed by atoms with Crippen molar-refractivity contribution >= 4 is 0 Å². The number of rotatable bonds is 15. The molecule has 43 heavy (non-hydrogen) atoms. The molecule has 6 heteroatoms. The van der Waals surface area contributed by atoms with Gasteiger partial charge >= 0.3 is 0 Å². The summed E-state index contributed by atoms with van der Waals surface area (Å²) in [7, 11) is 0. The van der Waals surface area contributed by atoms with Crippen molar-refractivity contribution in [3.63, 3.8) is 0 Å². The molecule has 0 amide bonds. The van der Waals surface area contributed by atoms with Gasteiger partial charge in [0.25, 0.3) is 0 Å². The van der Waals surface area contributed by atoms with Gasteiger partial charge in [0.15, 0.2) is 0 Å². The van der Waals surface area contributed by atoms with E-state index in [2.05, 4.69) is 6.07 Å². The maximum Gasteiger partial charge on any atom is 0.115 e. The number of hydrogen-bond acceptors (Lipinski definition) is 6. The van der Waals surface area contributed by atoms with Crippen LogP contribution in [0.1, 0.15) is 35.1 Å². The summed E-state index contributed by atoms with van der Waals surface area (Å²) in [5, 5.41) is 9.48. The summed E-state index contributed by atoms with van der Waals surface area (Å²) in [6.07, 6.45) is -1.33. The minimum Gasteiger partial charge on any atom is -0.374 e. The van der Waals surface area contributed by atoms with E-state index >= 15 is 0 Å². The van der Waals surface area contributed by atoms with Gasteiger partial charge in [0.05, 0.1) is 45.2 Å². The van der Waals surface area contributed by atoms with Crippen LogP contribution in [0.5, 0.6) is 0 Å². The minimum atomic E-state index is -0.473. The first-order valence-electron chi connectivity index (χ1n) is 14.9. The van der Waals surface area contributed by atoms with Crippen molar-refractivity contribution in [2.45, 2.75) is 69.8 Å². The van der Waals surface area contributed by atoms with Crippen LogP contribution in [0.15, 0.2) is 121 Å². The Morgan fingerprint density at radius 2 is 0.907 bits per heavy atom. The van der Waals surface area contributed by atoms with Crippen molar-refractivity contribution in [1.29, 1.82) is 5.26 Å². The van der Waals surface area contributed by atoms with E-state index in [0.717, 1.165) is 22.3 Å². The van der Waals surface area contributed by atoms with Crippen LogP contribution in [-0.2, 0) is 50.1 Å². The van der Waals surface area contributed by atoms with Crippen LogP contribution in [-0.4, -0.2) is 37.1 Å². The first kappa shape index (κ1) is 30.6. The van der Waals surface area contributed by atoms with Crippen LogP contribution in [0.2, 0.25) is 0 Å². The highest BCUT2D eigenvalue weighted by Gasteiger charge is 2.48. The first-order chi connectivity index (χ1) is 21.3. The van der Waals surface area contributed by atoms with Gasteiger partial charge in [0.2, 0.25) is 0 Å². The first-order valence-corrected chi connectivity index (χ1v) is 14.9. The summed E-state index contributed by atoms with van der Waals surface area (Å²) in [6.45, 7) is 1.95. The van der Waals surface area contributed by atoms with Crippen molar-refractivity contribution in [1.82, 2.24) is 0 Å². The van der Waals surface area contributed by atoms with Gasteiger partial charge in [-0.2, -0.15) is 5.26 Å². The third kappa shape index (κ3) is 9.33. The third-order valence-electron chi connectivity index (χ3n) is 7.52. The van der Waals surface area contributed by atoms with Gasteiger partial charge in [0, 0.05) is 6.42 Å². The predicted octanol–water partition coefficient (Wildman–Crippen LogP) is 7.03. The van der Waals surface area contributed by atoms with E-state index in [4.69, 9.17) is 23.7 Å². The van der Waals surface area contributed by atoms with E-state index in [1.54, 1.807) is 0 Å². The molecule has 4 aromatic carbocycles. The molecule has 0 spiro atoms. The molecule has 0 unspecified atom stereocenters. The molecule has 1 saturated heterocycles. The summed E-state index contributed by atoms with van der Waals surface area (Å²) in [5.74, 6) is 0. The summed E-state index contributed by atoms with van der Waals surface area (Å²) in [5.41, 5.74) is 4.25. The molecular formula is C37H39NO5. The third-order valence-corrected chi connectivity index (χ3v) is 7.52. The topological polar surface area (TPSA) is 69.9 Å². The smallest absolute Gasteiger partial charge is 0.115 e. The van der Waals surface area contributed by atoms with E-state index in [0.29, 0.717) is 45.9 Å². The second-order valence-electron chi connectivity index (χ2n) is 10.7. The van der Waals surface area contributed by atoms with Crippen LogP contribution >= 0.6 is 0 Å². The molecule has 0 saturated carbocycles. The van der Waals surface area contributed by atoms with Gasteiger partial charge in [-0.25, -0.2) is 0 Å². The zero-order valence-electron chi connectivity index (χ0n) is 24.4. The fourth-order valence-electron chi connectivity index (χ4n) is 5.32. The molecule has 0 aliphatic carbocycles. The normalized spacial score (nSPS) is 21.7. The van der Waals surface area contributed by atoms with Crippen molar-refractivity contribution in [2.75, 3.05) is 6.61 Å².